The van der Waals surface area contributed by atoms with Crippen LogP contribution in [-0.2, 0) is 5.41 Å². The van der Waals surface area contributed by atoms with Crippen LogP contribution in [0.25, 0.3) is 64.3 Å². The van der Waals surface area contributed by atoms with Gasteiger partial charge in [0.1, 0.15) is 0 Å². The third-order valence-electron chi connectivity index (χ3n) is 8.67. The molecule has 0 radical (unpaired) electrons. The van der Waals surface area contributed by atoms with Gasteiger partial charge in [0.15, 0.2) is 0 Å². The summed E-state index contributed by atoms with van der Waals surface area (Å²) in [5.74, 6) is 0. The minimum absolute atomic E-state index is 0.113. The molecule has 51 heavy (non-hydrogen) atoms. The first kappa shape index (κ1) is 12.7. The first-order valence-electron chi connectivity index (χ1n) is 29.8. The number of fused-ring (bicyclic) bond motifs is 8. The Morgan fingerprint density at radius 3 is 1.84 bits per heavy atom. The molecule has 8 aromatic carbocycles. The highest BCUT2D eigenvalue weighted by Gasteiger charge is 2.37. The van der Waals surface area contributed by atoms with Gasteiger partial charge in [-0.2, -0.15) is 0 Å². The molecule has 2 heteroatoms. The summed E-state index contributed by atoms with van der Waals surface area (Å²) in [5, 5.41) is -1.22. The molecule has 0 atom stereocenters. The molecule has 1 aliphatic carbocycles. The summed E-state index contributed by atoms with van der Waals surface area (Å²) in [7, 11) is 0. The van der Waals surface area contributed by atoms with Crippen molar-refractivity contribution in [2.24, 2.45) is 0 Å². The lowest BCUT2D eigenvalue weighted by atomic mass is 9.82. The van der Waals surface area contributed by atoms with Crippen LogP contribution < -0.4 is 4.90 Å². The Labute approximate surface area is 343 Å². The van der Waals surface area contributed by atoms with Crippen molar-refractivity contribution in [2.75, 3.05) is 4.90 Å². The van der Waals surface area contributed by atoms with E-state index in [1.807, 2.05) is 0 Å². The Morgan fingerprint density at radius 2 is 1.04 bits per heavy atom. The molecule has 0 saturated heterocycles. The van der Waals surface area contributed by atoms with Crippen molar-refractivity contribution in [1.82, 2.24) is 0 Å². The third-order valence-corrected chi connectivity index (χ3v) is 9.90. The molecule has 9 aromatic rings. The summed E-state index contributed by atoms with van der Waals surface area (Å²) in [6.07, 6.45) is 0. The summed E-state index contributed by atoms with van der Waals surface area (Å²) in [4.78, 5) is 0.545. The largest absolute Gasteiger partial charge is 0.310 e. The highest BCUT2D eigenvalue weighted by Crippen LogP contribution is 2.54. The minimum atomic E-state index is -1.65. The molecule has 0 N–H and O–H groups in total. The first-order chi connectivity index (χ1) is 37.1. The van der Waals surface area contributed by atoms with Gasteiger partial charge in [-0.05, 0) is 79.9 Å². The highest BCUT2D eigenvalue weighted by atomic mass is 32.1. The lowest BCUT2D eigenvalue weighted by Gasteiger charge is -2.29. The molecule has 0 saturated carbocycles. The van der Waals surface area contributed by atoms with Crippen molar-refractivity contribution in [3.8, 4) is 33.4 Å². The maximum absolute atomic E-state index is 9.87. The van der Waals surface area contributed by atoms with Crippen molar-refractivity contribution in [1.29, 1.82) is 0 Å². The molecular weight excluding hydrogens is 635 g/mol. The van der Waals surface area contributed by atoms with E-state index < -0.39 is 226 Å². The Bertz CT molecular complexity index is 4360. The van der Waals surface area contributed by atoms with E-state index in [2.05, 4.69) is 0 Å². The molecule has 0 bridgehead atoms. The van der Waals surface area contributed by atoms with Gasteiger partial charge in [0.2, 0.25) is 0 Å². The molecule has 0 aliphatic heterocycles. The van der Waals surface area contributed by atoms with Gasteiger partial charge >= 0.3 is 0 Å². The minimum Gasteiger partial charge on any atom is -0.310 e. The van der Waals surface area contributed by atoms with Gasteiger partial charge in [0.05, 0.1) is 45.4 Å². The fourth-order valence-corrected chi connectivity index (χ4v) is 7.50. The lowest BCUT2D eigenvalue weighted by Crippen LogP contribution is -2.16. The molecule has 0 unspecified atom stereocenters. The zero-order valence-electron chi connectivity index (χ0n) is 55.4. The van der Waals surface area contributed by atoms with Gasteiger partial charge in [0.25, 0.3) is 0 Å². The quantitative estimate of drug-likeness (QED) is 0.173. The number of rotatable bonds is 5. The number of hydrogen-bond acceptors (Lipinski definition) is 2. The number of anilines is 3. The van der Waals surface area contributed by atoms with Crippen LogP contribution in [0.1, 0.15) is 64.7 Å². The predicted molar refractivity (Wildman–Crippen MR) is 220 cm³/mol. The van der Waals surface area contributed by atoms with E-state index in [1.165, 1.54) is 13.8 Å². The van der Waals surface area contributed by atoms with Gasteiger partial charge in [-0.25, -0.2) is 0 Å². The summed E-state index contributed by atoms with van der Waals surface area (Å²) in [5.41, 5.74) is -8.73. The van der Waals surface area contributed by atoms with Crippen LogP contribution in [0.5, 0.6) is 0 Å². The molecule has 1 aromatic heterocycles. The van der Waals surface area contributed by atoms with Crippen molar-refractivity contribution in [3.05, 3.63) is 186 Å². The van der Waals surface area contributed by atoms with Crippen LogP contribution in [0.3, 0.4) is 0 Å². The van der Waals surface area contributed by atoms with Gasteiger partial charge in [-0.3, -0.25) is 0 Å². The molecule has 1 nitrogen and oxygen atoms in total. The molecule has 0 fully saturated rings. The SMILES string of the molecule is [2H]c1c([2H])c([2H])c(-c2c([2H])c([2H])c(N(c3c([2H])c([2H])c(-c4c([2H])c([2H])c([2H])c5c4sc4c6c([2H])c([2H])c([2H])c([2H])c6c([2H])c([2H])c45)c([2H])c3[2H])c3c([2H])c([2H])c([2H])c4c3-c3c([2H])c([2H])c([2H])c([2H])c3C4(C)C)c([2H])c2[2H])c([2H])c1[2H]. The summed E-state index contributed by atoms with van der Waals surface area (Å²) >= 11 is 0.619. The zero-order valence-corrected chi connectivity index (χ0v) is 27.2. The van der Waals surface area contributed by atoms with Gasteiger partial charge in [0, 0.05) is 42.5 Å². The second kappa shape index (κ2) is 11.6. The fourth-order valence-electron chi connectivity index (χ4n) is 6.28. The van der Waals surface area contributed by atoms with Crippen LogP contribution in [0.2, 0.25) is 0 Å². The van der Waals surface area contributed by atoms with Crippen LogP contribution >= 0.6 is 11.3 Å². The number of benzene rings is 8. The summed E-state index contributed by atoms with van der Waals surface area (Å²) < 4.78 is 262. The van der Waals surface area contributed by atoms with Crippen LogP contribution in [0, 0.1) is 0 Å². The first-order valence-corrected chi connectivity index (χ1v) is 16.1. The van der Waals surface area contributed by atoms with Crippen LogP contribution in [-0.4, -0.2) is 0 Å². The standard InChI is InChI=1S/C49H35NS/c1-49(2)43-19-9-8-16-42(43)46-44(49)20-11-21-45(46)50(36-27-22-33(23-28-36)32-12-4-3-5-13-32)37-29-24-35(25-30-37)39-17-10-18-40-41-31-26-34-14-6-7-15-38(34)48(41)51-47(39)40/h3-31H,1-2H3/i3D,4D,5D,6D,7D,8D,9D,10D,11D,12D,13D,14D,15D,16D,17D,18D,19D,20D,21D,22D,23D,24D,25D,26D,27D,28D,29D,30D,31D. The Balaban J connectivity index is 1.40. The normalized spacial score (nSPS) is 21.0. The Kier molecular flexibility index (Phi) is 2.87. The molecular formula is C49H35NS. The van der Waals surface area contributed by atoms with Gasteiger partial charge < -0.3 is 4.90 Å². The Hall–Kier alpha value is -5.96. The predicted octanol–water partition coefficient (Wildman–Crippen LogP) is 14.3. The average molecular weight is 699 g/mol. The van der Waals surface area contributed by atoms with E-state index >= 15 is 0 Å². The van der Waals surface area contributed by atoms with Gasteiger partial charge in [-0.1, -0.05) is 159 Å². The zero-order chi connectivity index (χ0) is 59.3. The van der Waals surface area contributed by atoms with E-state index in [1.54, 1.807) is 0 Å². The molecule has 1 heterocycles. The van der Waals surface area contributed by atoms with E-state index in [9.17, 15) is 17.8 Å². The second-order valence-corrected chi connectivity index (χ2v) is 12.9. The second-order valence-electron chi connectivity index (χ2n) is 11.9. The highest BCUT2D eigenvalue weighted by molar-refractivity contribution is 7.27. The van der Waals surface area contributed by atoms with Crippen LogP contribution in [0.15, 0.2) is 175 Å². The van der Waals surface area contributed by atoms with Crippen molar-refractivity contribution in [3.63, 3.8) is 0 Å². The lowest BCUT2D eigenvalue weighted by molar-refractivity contribution is 0.660. The summed E-state index contributed by atoms with van der Waals surface area (Å²) in [6.45, 7) is 2.90. The maximum Gasteiger partial charge on any atom is 0.0645 e. The molecule has 242 valence electrons. The van der Waals surface area contributed by atoms with Gasteiger partial charge in [-0.15, -0.1) is 11.3 Å². The van der Waals surface area contributed by atoms with Crippen molar-refractivity contribution < 1.29 is 39.8 Å². The van der Waals surface area contributed by atoms with Crippen molar-refractivity contribution >= 4 is 59.3 Å². The van der Waals surface area contributed by atoms with Crippen molar-refractivity contribution in [2.45, 2.75) is 19.3 Å². The molecule has 0 amide bonds. The smallest absolute Gasteiger partial charge is 0.0645 e. The Morgan fingerprint density at radius 1 is 0.451 bits per heavy atom. The monoisotopic (exact) mass is 698 g/mol. The van der Waals surface area contributed by atoms with E-state index in [0.717, 1.165) is 0 Å². The third kappa shape index (κ3) is 4.67. The van der Waals surface area contributed by atoms with Crippen LogP contribution in [0.4, 0.5) is 17.1 Å². The molecule has 1 aliphatic rings. The average Bonchev–Trinajstić information content (AvgIpc) is 3.40. The number of thiophene rings is 1. The molecule has 0 spiro atoms. The molecule has 10 rings (SSSR count). The van der Waals surface area contributed by atoms with E-state index in [0.29, 0.717) is 16.2 Å². The maximum atomic E-state index is 9.87. The number of nitrogens with zero attached hydrogens (tertiary/aromatic N) is 1. The topological polar surface area (TPSA) is 3.24 Å². The van der Waals surface area contributed by atoms with E-state index in [4.69, 9.17) is 21.9 Å². The fraction of sp³-hybridized carbons (Fsp3) is 0.0612. The summed E-state index contributed by atoms with van der Waals surface area (Å²) in [6, 6.07) is -25.7. The number of hydrogen-bond donors (Lipinski definition) is 0. The van der Waals surface area contributed by atoms with E-state index in [-0.39, 0.29) is 47.6 Å².